The molecule has 1 aliphatic carbocycles. The molecule has 2 atom stereocenters. The number of hydrogen-bond acceptors (Lipinski definition) is 6. The van der Waals surface area contributed by atoms with E-state index >= 15 is 0 Å². The molecule has 0 bridgehead atoms. The van der Waals surface area contributed by atoms with Crippen LogP contribution in [0.3, 0.4) is 0 Å². The van der Waals surface area contributed by atoms with Crippen molar-refractivity contribution in [2.24, 2.45) is 0 Å². The summed E-state index contributed by atoms with van der Waals surface area (Å²) in [5.74, 6) is 0. The van der Waals surface area contributed by atoms with E-state index in [0.717, 1.165) is 25.3 Å². The molecule has 8 nitrogen and oxygen atoms in total. The normalized spacial score (nSPS) is 21.6. The maximum Gasteiger partial charge on any atom is 0.299 e. The number of non-ortho nitro benzene ring substituents is 1. The predicted molar refractivity (Wildman–Crippen MR) is 71.8 cm³/mol. The van der Waals surface area contributed by atoms with Gasteiger partial charge in [-0.1, -0.05) is 0 Å². The molecule has 108 valence electrons. The molecule has 1 aromatic carbocycles. The van der Waals surface area contributed by atoms with Crippen LogP contribution >= 0.6 is 0 Å². The van der Waals surface area contributed by atoms with E-state index in [1.807, 2.05) is 0 Å². The molecule has 8 heteroatoms. The quantitative estimate of drug-likeness (QED) is 0.656. The molecule has 0 saturated heterocycles. The lowest BCUT2D eigenvalue weighted by atomic mass is 10.2. The van der Waals surface area contributed by atoms with E-state index in [1.54, 1.807) is 7.11 Å². The van der Waals surface area contributed by atoms with Gasteiger partial charge in [-0.25, -0.2) is 0 Å². The van der Waals surface area contributed by atoms with Crippen LogP contribution in [-0.4, -0.2) is 29.1 Å². The maximum atomic E-state index is 11.0. The Morgan fingerprint density at radius 2 is 2.00 bits per heavy atom. The Morgan fingerprint density at radius 3 is 2.55 bits per heavy atom. The fraction of sp³-hybridized carbons (Fsp3) is 0.500. The number of ether oxygens (including phenoxy) is 1. The summed E-state index contributed by atoms with van der Waals surface area (Å²) in [4.78, 5) is 20.4. The number of nitro groups is 2. The van der Waals surface area contributed by atoms with Gasteiger partial charge in [-0.3, -0.25) is 20.2 Å². The fourth-order valence-electron chi connectivity index (χ4n) is 2.41. The summed E-state index contributed by atoms with van der Waals surface area (Å²) in [5.41, 5.74) is -0.258. The first-order valence-corrected chi connectivity index (χ1v) is 6.23. The summed E-state index contributed by atoms with van der Waals surface area (Å²) in [5, 5.41) is 24.7. The number of nitrogens with one attached hydrogen (secondary N) is 1. The lowest BCUT2D eigenvalue weighted by molar-refractivity contribution is -0.393. The predicted octanol–water partition coefficient (Wildman–Crippen LogP) is 2.48. The molecule has 20 heavy (non-hydrogen) atoms. The standard InChI is InChI=1S/C12H15N3O5/c1-20-10-4-2-8(6-10)13-11-5-3-9(14(16)17)7-12(11)15(18)19/h3,5,7-8,10,13H,2,4,6H2,1H3. The third kappa shape index (κ3) is 3.02. The molecule has 1 aromatic rings. The van der Waals surface area contributed by atoms with Crippen LogP contribution in [-0.2, 0) is 4.74 Å². The van der Waals surface area contributed by atoms with Gasteiger partial charge >= 0.3 is 0 Å². The van der Waals surface area contributed by atoms with Crippen LogP contribution in [0.4, 0.5) is 17.1 Å². The summed E-state index contributed by atoms with van der Waals surface area (Å²) < 4.78 is 5.24. The number of anilines is 1. The van der Waals surface area contributed by atoms with E-state index in [9.17, 15) is 20.2 Å². The zero-order valence-corrected chi connectivity index (χ0v) is 10.9. The zero-order chi connectivity index (χ0) is 14.7. The van der Waals surface area contributed by atoms with Crippen molar-refractivity contribution in [1.29, 1.82) is 0 Å². The van der Waals surface area contributed by atoms with Gasteiger partial charge in [-0.05, 0) is 25.3 Å². The third-order valence-corrected chi connectivity index (χ3v) is 3.47. The van der Waals surface area contributed by atoms with Crippen molar-refractivity contribution >= 4 is 17.1 Å². The highest BCUT2D eigenvalue weighted by Crippen LogP contribution is 2.32. The molecule has 0 radical (unpaired) electrons. The monoisotopic (exact) mass is 281 g/mol. The average molecular weight is 281 g/mol. The molecule has 0 aromatic heterocycles. The molecule has 2 rings (SSSR count). The Balaban J connectivity index is 2.19. The zero-order valence-electron chi connectivity index (χ0n) is 10.9. The minimum atomic E-state index is -0.646. The SMILES string of the molecule is COC1CCC(Nc2ccc([N+](=O)[O-])cc2[N+](=O)[O-])C1. The Morgan fingerprint density at radius 1 is 1.25 bits per heavy atom. The van der Waals surface area contributed by atoms with E-state index in [2.05, 4.69) is 5.32 Å². The second kappa shape index (κ2) is 5.83. The van der Waals surface area contributed by atoms with Crippen molar-refractivity contribution in [1.82, 2.24) is 0 Å². The molecule has 0 spiro atoms. The Labute approximate surface area is 115 Å². The van der Waals surface area contributed by atoms with Crippen LogP contribution in [0.5, 0.6) is 0 Å². The van der Waals surface area contributed by atoms with Gasteiger partial charge in [0.15, 0.2) is 0 Å². The molecule has 0 amide bonds. The van der Waals surface area contributed by atoms with Gasteiger partial charge < -0.3 is 10.1 Å². The summed E-state index contributed by atoms with van der Waals surface area (Å²) in [6.45, 7) is 0. The lowest BCUT2D eigenvalue weighted by Crippen LogP contribution is -2.18. The molecular formula is C12H15N3O5. The third-order valence-electron chi connectivity index (χ3n) is 3.47. The van der Waals surface area contributed by atoms with Crippen LogP contribution in [0.15, 0.2) is 18.2 Å². The number of rotatable bonds is 5. The summed E-state index contributed by atoms with van der Waals surface area (Å²) >= 11 is 0. The smallest absolute Gasteiger partial charge is 0.299 e. The van der Waals surface area contributed by atoms with Crippen LogP contribution in [0.2, 0.25) is 0 Å². The minimum absolute atomic E-state index is 0.0834. The number of nitro benzene ring substituents is 2. The number of nitrogens with zero attached hydrogens (tertiary/aromatic N) is 2. The van der Waals surface area contributed by atoms with Gasteiger partial charge in [-0.15, -0.1) is 0 Å². The Bertz CT molecular complexity index is 534. The van der Waals surface area contributed by atoms with Crippen molar-refractivity contribution in [3.8, 4) is 0 Å². The van der Waals surface area contributed by atoms with Gasteiger partial charge in [0.1, 0.15) is 5.69 Å². The number of benzene rings is 1. The van der Waals surface area contributed by atoms with Gasteiger partial charge in [0, 0.05) is 19.2 Å². The number of methoxy groups -OCH3 is 1. The van der Waals surface area contributed by atoms with Crippen LogP contribution in [0.25, 0.3) is 0 Å². The van der Waals surface area contributed by atoms with Crippen LogP contribution < -0.4 is 5.32 Å². The first kappa shape index (κ1) is 14.2. The van der Waals surface area contributed by atoms with Gasteiger partial charge in [-0.2, -0.15) is 0 Å². The molecule has 1 saturated carbocycles. The first-order valence-electron chi connectivity index (χ1n) is 6.23. The Hall–Kier alpha value is -2.22. The Kier molecular flexibility index (Phi) is 4.14. The highest BCUT2D eigenvalue weighted by Gasteiger charge is 2.27. The summed E-state index contributed by atoms with van der Waals surface area (Å²) in [6.07, 6.45) is 2.68. The van der Waals surface area contributed by atoms with Crippen molar-refractivity contribution < 1.29 is 14.6 Å². The van der Waals surface area contributed by atoms with E-state index in [4.69, 9.17) is 4.74 Å². The summed E-state index contributed by atoms with van der Waals surface area (Å²) in [6, 6.07) is 3.71. The average Bonchev–Trinajstić information content (AvgIpc) is 2.86. The molecule has 1 N–H and O–H groups in total. The summed E-state index contributed by atoms with van der Waals surface area (Å²) in [7, 11) is 1.64. The highest BCUT2D eigenvalue weighted by atomic mass is 16.6. The molecule has 0 aliphatic heterocycles. The van der Waals surface area contributed by atoms with Crippen molar-refractivity contribution in [3.63, 3.8) is 0 Å². The lowest BCUT2D eigenvalue weighted by Gasteiger charge is -2.14. The van der Waals surface area contributed by atoms with Crippen molar-refractivity contribution in [3.05, 3.63) is 38.4 Å². The molecule has 1 fully saturated rings. The van der Waals surface area contributed by atoms with E-state index in [1.165, 1.54) is 12.1 Å². The van der Waals surface area contributed by atoms with Crippen LogP contribution in [0, 0.1) is 20.2 Å². The minimum Gasteiger partial charge on any atom is -0.381 e. The molecular weight excluding hydrogens is 266 g/mol. The maximum absolute atomic E-state index is 11.0. The van der Waals surface area contributed by atoms with E-state index < -0.39 is 9.85 Å². The van der Waals surface area contributed by atoms with E-state index in [-0.39, 0.29) is 23.5 Å². The second-order valence-corrected chi connectivity index (χ2v) is 4.73. The van der Waals surface area contributed by atoms with Crippen molar-refractivity contribution in [2.75, 3.05) is 12.4 Å². The fourth-order valence-corrected chi connectivity index (χ4v) is 2.41. The first-order chi connectivity index (χ1) is 9.51. The largest absolute Gasteiger partial charge is 0.381 e. The van der Waals surface area contributed by atoms with Crippen LogP contribution in [0.1, 0.15) is 19.3 Å². The second-order valence-electron chi connectivity index (χ2n) is 4.73. The van der Waals surface area contributed by atoms with Gasteiger partial charge in [0.25, 0.3) is 11.4 Å². The molecule has 2 unspecified atom stereocenters. The van der Waals surface area contributed by atoms with Crippen molar-refractivity contribution in [2.45, 2.75) is 31.4 Å². The molecule has 1 aliphatic rings. The van der Waals surface area contributed by atoms with E-state index in [0.29, 0.717) is 5.69 Å². The molecule has 0 heterocycles. The topological polar surface area (TPSA) is 108 Å². The highest BCUT2D eigenvalue weighted by molar-refractivity contribution is 5.65. The van der Waals surface area contributed by atoms with Gasteiger partial charge in [0.05, 0.1) is 22.0 Å². The van der Waals surface area contributed by atoms with Gasteiger partial charge in [0.2, 0.25) is 0 Å². The number of hydrogen-bond donors (Lipinski definition) is 1.